The summed E-state index contributed by atoms with van der Waals surface area (Å²) in [5, 5.41) is 0. The van der Waals surface area contributed by atoms with Crippen molar-refractivity contribution in [1.82, 2.24) is 14.8 Å². The number of halogens is 3. The van der Waals surface area contributed by atoms with Crippen molar-refractivity contribution in [3.8, 4) is 5.75 Å². The van der Waals surface area contributed by atoms with Crippen molar-refractivity contribution in [2.45, 2.75) is 57.1 Å². The van der Waals surface area contributed by atoms with Gasteiger partial charge in [-0.25, -0.2) is 4.98 Å². The number of ether oxygens (including phenoxy) is 2. The Hall–Kier alpha value is -2.65. The first-order valence-electron chi connectivity index (χ1n) is 11.9. The van der Waals surface area contributed by atoms with Crippen LogP contribution in [0.4, 0.5) is 13.2 Å². The second-order valence-electron chi connectivity index (χ2n) is 10.4. The average Bonchev–Trinajstić information content (AvgIpc) is 2.78. The second kappa shape index (κ2) is 9.78. The van der Waals surface area contributed by atoms with Gasteiger partial charge < -0.3 is 14.4 Å². The molecule has 2 aliphatic heterocycles. The van der Waals surface area contributed by atoms with Crippen molar-refractivity contribution < 1.29 is 27.4 Å². The van der Waals surface area contributed by atoms with Gasteiger partial charge in [0, 0.05) is 26.2 Å². The van der Waals surface area contributed by atoms with E-state index in [9.17, 15) is 18.0 Å². The summed E-state index contributed by atoms with van der Waals surface area (Å²) >= 11 is 0. The van der Waals surface area contributed by atoms with Gasteiger partial charge in [0.05, 0.1) is 24.4 Å². The highest BCUT2D eigenvalue weighted by Gasteiger charge is 2.46. The molecular weight excluding hydrogens is 459 g/mol. The van der Waals surface area contributed by atoms with E-state index in [0.29, 0.717) is 37.4 Å². The third kappa shape index (κ3) is 6.73. The molecule has 0 N–H and O–H groups in total. The Labute approximate surface area is 204 Å². The van der Waals surface area contributed by atoms with E-state index < -0.39 is 24.4 Å². The molecule has 1 atom stereocenters. The standard InChI is InChI=1S/C26H32F3N3O3/c1-24(2,3)34-20-9-10-21(30-15-20)23(33)32-13-11-25(12-14-32)17-31(18-26(27,28)29)16-22(35-25)19-7-5-4-6-8-19/h4-10,15,22H,11-14,16-18H2,1-3H3. The zero-order chi connectivity index (χ0) is 25.3. The van der Waals surface area contributed by atoms with Crippen LogP contribution in [-0.2, 0) is 4.74 Å². The number of alkyl halides is 3. The van der Waals surface area contributed by atoms with Crippen LogP contribution in [0.5, 0.6) is 5.75 Å². The smallest absolute Gasteiger partial charge is 0.401 e. The Morgan fingerprint density at radius 2 is 1.80 bits per heavy atom. The van der Waals surface area contributed by atoms with Gasteiger partial charge >= 0.3 is 6.18 Å². The van der Waals surface area contributed by atoms with Crippen molar-refractivity contribution in [1.29, 1.82) is 0 Å². The fourth-order valence-electron chi connectivity index (χ4n) is 4.77. The third-order valence-corrected chi connectivity index (χ3v) is 6.24. The molecule has 2 fully saturated rings. The van der Waals surface area contributed by atoms with E-state index in [1.165, 1.54) is 11.1 Å². The highest BCUT2D eigenvalue weighted by molar-refractivity contribution is 5.92. The van der Waals surface area contributed by atoms with E-state index in [-0.39, 0.29) is 24.6 Å². The fourth-order valence-corrected chi connectivity index (χ4v) is 4.77. The molecule has 0 saturated carbocycles. The molecule has 1 aromatic carbocycles. The number of hydrogen-bond donors (Lipinski definition) is 0. The van der Waals surface area contributed by atoms with Gasteiger partial charge in [-0.15, -0.1) is 0 Å². The number of amides is 1. The van der Waals surface area contributed by atoms with Crippen LogP contribution in [0.1, 0.15) is 55.8 Å². The molecule has 9 heteroatoms. The molecule has 1 spiro atoms. The highest BCUT2D eigenvalue weighted by Crippen LogP contribution is 2.39. The van der Waals surface area contributed by atoms with Crippen molar-refractivity contribution in [2.75, 3.05) is 32.7 Å². The fraction of sp³-hybridized carbons (Fsp3) is 0.538. The zero-order valence-electron chi connectivity index (χ0n) is 20.3. The third-order valence-electron chi connectivity index (χ3n) is 6.24. The molecular formula is C26H32F3N3O3. The second-order valence-corrected chi connectivity index (χ2v) is 10.4. The number of carbonyl (C=O) groups excluding carboxylic acids is 1. The van der Waals surface area contributed by atoms with Crippen LogP contribution in [0.3, 0.4) is 0 Å². The molecule has 1 aromatic heterocycles. The summed E-state index contributed by atoms with van der Waals surface area (Å²) in [7, 11) is 0. The summed E-state index contributed by atoms with van der Waals surface area (Å²) in [5.41, 5.74) is 0.0663. The molecule has 4 rings (SSSR count). The van der Waals surface area contributed by atoms with Gasteiger partial charge in [-0.3, -0.25) is 9.69 Å². The monoisotopic (exact) mass is 491 g/mol. The molecule has 1 amide bonds. The molecule has 2 aliphatic rings. The lowest BCUT2D eigenvalue weighted by Gasteiger charge is -2.50. The molecule has 3 heterocycles. The zero-order valence-corrected chi connectivity index (χ0v) is 20.3. The average molecular weight is 492 g/mol. The van der Waals surface area contributed by atoms with Crippen LogP contribution in [0.15, 0.2) is 48.7 Å². The molecule has 6 nitrogen and oxygen atoms in total. The Balaban J connectivity index is 1.44. The summed E-state index contributed by atoms with van der Waals surface area (Å²) in [6.45, 7) is 5.97. The van der Waals surface area contributed by atoms with Crippen LogP contribution < -0.4 is 4.74 Å². The van der Waals surface area contributed by atoms with Gasteiger partial charge in [0.2, 0.25) is 0 Å². The van der Waals surface area contributed by atoms with E-state index in [4.69, 9.17) is 9.47 Å². The van der Waals surface area contributed by atoms with Crippen LogP contribution >= 0.6 is 0 Å². The van der Waals surface area contributed by atoms with Gasteiger partial charge in [-0.1, -0.05) is 30.3 Å². The molecule has 35 heavy (non-hydrogen) atoms. The number of likely N-dealkylation sites (tertiary alicyclic amines) is 1. The maximum Gasteiger partial charge on any atom is 0.401 e. The number of nitrogens with zero attached hydrogens (tertiary/aromatic N) is 3. The number of pyridine rings is 1. The van der Waals surface area contributed by atoms with Crippen LogP contribution in [-0.4, -0.2) is 70.8 Å². The largest absolute Gasteiger partial charge is 0.487 e. The predicted octanol–water partition coefficient (Wildman–Crippen LogP) is 4.87. The predicted molar refractivity (Wildman–Crippen MR) is 125 cm³/mol. The van der Waals surface area contributed by atoms with Crippen molar-refractivity contribution >= 4 is 5.91 Å². The topological polar surface area (TPSA) is 54.9 Å². The first kappa shape index (κ1) is 25.4. The minimum Gasteiger partial charge on any atom is -0.487 e. The Morgan fingerprint density at radius 1 is 1.11 bits per heavy atom. The number of rotatable bonds is 4. The van der Waals surface area contributed by atoms with E-state index >= 15 is 0 Å². The van der Waals surface area contributed by atoms with Gasteiger partial charge in [-0.2, -0.15) is 13.2 Å². The summed E-state index contributed by atoms with van der Waals surface area (Å²) in [6, 6.07) is 12.7. The minimum absolute atomic E-state index is 0.181. The lowest BCUT2D eigenvalue weighted by Crippen LogP contribution is -2.59. The van der Waals surface area contributed by atoms with Gasteiger partial charge in [0.1, 0.15) is 17.0 Å². The first-order valence-corrected chi connectivity index (χ1v) is 11.9. The molecule has 0 radical (unpaired) electrons. The van der Waals surface area contributed by atoms with Crippen molar-refractivity contribution in [2.24, 2.45) is 0 Å². The molecule has 1 unspecified atom stereocenters. The van der Waals surface area contributed by atoms with E-state index in [0.717, 1.165) is 5.56 Å². The van der Waals surface area contributed by atoms with Crippen LogP contribution in [0, 0.1) is 0 Å². The molecule has 2 saturated heterocycles. The maximum absolute atomic E-state index is 13.2. The van der Waals surface area contributed by atoms with Crippen molar-refractivity contribution in [3.63, 3.8) is 0 Å². The number of piperidine rings is 1. The summed E-state index contributed by atoms with van der Waals surface area (Å²) in [4.78, 5) is 20.4. The number of morpholine rings is 1. The van der Waals surface area contributed by atoms with Gasteiger partial charge in [-0.05, 0) is 51.3 Å². The Bertz CT molecular complexity index is 998. The molecule has 0 bridgehead atoms. The Morgan fingerprint density at radius 3 is 2.37 bits per heavy atom. The van der Waals surface area contributed by atoms with E-state index in [2.05, 4.69) is 4.98 Å². The van der Waals surface area contributed by atoms with E-state index in [1.807, 2.05) is 51.1 Å². The lowest BCUT2D eigenvalue weighted by atomic mass is 9.87. The van der Waals surface area contributed by atoms with E-state index in [1.54, 1.807) is 17.0 Å². The lowest BCUT2D eigenvalue weighted by molar-refractivity contribution is -0.206. The number of aromatic nitrogens is 1. The maximum atomic E-state index is 13.2. The summed E-state index contributed by atoms with van der Waals surface area (Å²) < 4.78 is 52.0. The highest BCUT2D eigenvalue weighted by atomic mass is 19.4. The number of benzene rings is 1. The van der Waals surface area contributed by atoms with Crippen LogP contribution in [0.2, 0.25) is 0 Å². The molecule has 190 valence electrons. The summed E-state index contributed by atoms with van der Waals surface area (Å²) in [5.74, 6) is 0.378. The number of carbonyl (C=O) groups is 1. The quantitative estimate of drug-likeness (QED) is 0.611. The summed E-state index contributed by atoms with van der Waals surface area (Å²) in [6.07, 6.45) is -2.28. The first-order chi connectivity index (χ1) is 16.4. The minimum atomic E-state index is -4.29. The van der Waals surface area contributed by atoms with Crippen molar-refractivity contribution in [3.05, 3.63) is 59.9 Å². The Kier molecular flexibility index (Phi) is 7.11. The molecule has 2 aromatic rings. The SMILES string of the molecule is CC(C)(C)Oc1ccc(C(=O)N2CCC3(CC2)CN(CC(F)(F)F)CC(c2ccccc2)O3)nc1. The van der Waals surface area contributed by atoms with Gasteiger partial charge in [0.25, 0.3) is 5.91 Å². The van der Waals surface area contributed by atoms with Crippen LogP contribution in [0.25, 0.3) is 0 Å². The van der Waals surface area contributed by atoms with Gasteiger partial charge in [0.15, 0.2) is 0 Å². The number of hydrogen-bond acceptors (Lipinski definition) is 5. The molecule has 0 aliphatic carbocycles. The normalized spacial score (nSPS) is 21.2.